The van der Waals surface area contributed by atoms with E-state index in [0.717, 1.165) is 12.0 Å². The third-order valence-corrected chi connectivity index (χ3v) is 1.91. The highest BCUT2D eigenvalue weighted by molar-refractivity contribution is 6.18. The van der Waals surface area contributed by atoms with E-state index in [4.69, 9.17) is 11.6 Å². The summed E-state index contributed by atoms with van der Waals surface area (Å²) in [6.45, 7) is 6.32. The molecular weight excluding hydrogens is 196 g/mol. The fourth-order valence-corrected chi connectivity index (χ4v) is 1.06. The van der Waals surface area contributed by atoms with E-state index in [1.165, 1.54) is 0 Å². The van der Waals surface area contributed by atoms with Crippen molar-refractivity contribution in [3.63, 3.8) is 0 Å². The van der Waals surface area contributed by atoms with Gasteiger partial charge in [-0.25, -0.2) is 0 Å². The molecule has 76 valence electrons. The van der Waals surface area contributed by atoms with E-state index in [1.807, 2.05) is 10.9 Å². The fourth-order valence-electron chi connectivity index (χ4n) is 0.966. The first-order valence-electron chi connectivity index (χ1n) is 4.64. The Hall–Kier alpha value is -0.940. The summed E-state index contributed by atoms with van der Waals surface area (Å²) in [6, 6.07) is 0. The Balaban J connectivity index is 2.75. The van der Waals surface area contributed by atoms with Crippen LogP contribution in [-0.2, 0) is 5.54 Å². The summed E-state index contributed by atoms with van der Waals surface area (Å²) in [7, 11) is 0. The fraction of sp³-hybridized carbons (Fsp3) is 0.545. The number of hydrogen-bond acceptors (Lipinski definition) is 1. The molecule has 0 saturated carbocycles. The van der Waals surface area contributed by atoms with E-state index in [-0.39, 0.29) is 5.54 Å². The molecule has 0 aliphatic rings. The summed E-state index contributed by atoms with van der Waals surface area (Å²) in [4.78, 5) is 0. The van der Waals surface area contributed by atoms with Gasteiger partial charge in [-0.1, -0.05) is 11.8 Å². The Kier molecular flexibility index (Phi) is 3.60. The summed E-state index contributed by atoms with van der Waals surface area (Å²) in [5.41, 5.74) is 0.969. The minimum absolute atomic E-state index is 0.0203. The molecule has 0 N–H and O–H groups in total. The topological polar surface area (TPSA) is 17.8 Å². The zero-order valence-electron chi connectivity index (χ0n) is 8.84. The van der Waals surface area contributed by atoms with Crippen LogP contribution in [0.5, 0.6) is 0 Å². The Morgan fingerprint density at radius 2 is 2.21 bits per heavy atom. The summed E-state index contributed by atoms with van der Waals surface area (Å²) >= 11 is 5.52. The predicted octanol–water partition coefficient (Wildman–Crippen LogP) is 2.62. The highest BCUT2D eigenvalue weighted by atomic mass is 35.5. The molecule has 0 bridgehead atoms. The van der Waals surface area contributed by atoms with E-state index in [9.17, 15) is 0 Å². The van der Waals surface area contributed by atoms with E-state index < -0.39 is 0 Å². The second-order valence-electron chi connectivity index (χ2n) is 4.09. The quantitative estimate of drug-likeness (QED) is 0.515. The first kappa shape index (κ1) is 11.1. The Morgan fingerprint density at radius 1 is 1.50 bits per heavy atom. The first-order valence-corrected chi connectivity index (χ1v) is 5.17. The number of alkyl halides is 1. The molecule has 0 spiro atoms. The highest BCUT2D eigenvalue weighted by Gasteiger charge is 2.12. The van der Waals surface area contributed by atoms with Crippen LogP contribution >= 0.6 is 11.6 Å². The van der Waals surface area contributed by atoms with Gasteiger partial charge in [0.25, 0.3) is 0 Å². The zero-order chi connectivity index (χ0) is 10.6. The van der Waals surface area contributed by atoms with Gasteiger partial charge in [0.05, 0.1) is 17.3 Å². The van der Waals surface area contributed by atoms with Crippen LogP contribution in [-0.4, -0.2) is 15.7 Å². The van der Waals surface area contributed by atoms with E-state index in [1.54, 1.807) is 6.20 Å². The molecule has 0 unspecified atom stereocenters. The lowest BCUT2D eigenvalue weighted by Crippen LogP contribution is -2.21. The lowest BCUT2D eigenvalue weighted by atomic mass is 10.1. The van der Waals surface area contributed by atoms with E-state index >= 15 is 0 Å². The third kappa shape index (κ3) is 3.08. The van der Waals surface area contributed by atoms with Gasteiger partial charge in [-0.15, -0.1) is 11.6 Å². The highest BCUT2D eigenvalue weighted by Crippen LogP contribution is 2.12. The molecule has 3 heteroatoms. The molecule has 0 fully saturated rings. The smallest absolute Gasteiger partial charge is 0.0646 e. The molecule has 2 nitrogen and oxygen atoms in total. The molecule has 1 rings (SSSR count). The van der Waals surface area contributed by atoms with Crippen LogP contribution < -0.4 is 0 Å². The number of nitrogens with zero attached hydrogens (tertiary/aromatic N) is 2. The Labute approximate surface area is 90.3 Å². The lowest BCUT2D eigenvalue weighted by molar-refractivity contribution is 0.355. The predicted molar refractivity (Wildman–Crippen MR) is 59.4 cm³/mol. The van der Waals surface area contributed by atoms with Crippen molar-refractivity contribution in [1.82, 2.24) is 9.78 Å². The maximum atomic E-state index is 5.52. The van der Waals surface area contributed by atoms with Gasteiger partial charge in [0.1, 0.15) is 0 Å². The summed E-state index contributed by atoms with van der Waals surface area (Å²) < 4.78 is 1.91. The van der Waals surface area contributed by atoms with Crippen molar-refractivity contribution in [2.45, 2.75) is 32.7 Å². The molecule has 0 aromatic carbocycles. The van der Waals surface area contributed by atoms with Crippen LogP contribution in [0.1, 0.15) is 32.8 Å². The molecule has 0 aliphatic heterocycles. The van der Waals surface area contributed by atoms with Gasteiger partial charge < -0.3 is 0 Å². The van der Waals surface area contributed by atoms with Gasteiger partial charge in [-0.3, -0.25) is 4.68 Å². The van der Waals surface area contributed by atoms with E-state index in [0.29, 0.717) is 5.88 Å². The van der Waals surface area contributed by atoms with Gasteiger partial charge in [0.2, 0.25) is 0 Å². The van der Waals surface area contributed by atoms with Crippen molar-refractivity contribution in [2.75, 3.05) is 5.88 Å². The standard InChI is InChI=1S/C11H15ClN2/c1-11(2,3)14-9-10(8-13-14)6-4-5-7-12/h8-9H,5,7H2,1-3H3. The monoisotopic (exact) mass is 210 g/mol. The average molecular weight is 211 g/mol. The number of rotatable bonds is 1. The van der Waals surface area contributed by atoms with Crippen LogP contribution in [0.2, 0.25) is 0 Å². The summed E-state index contributed by atoms with van der Waals surface area (Å²) in [5.74, 6) is 6.58. The molecule has 0 aliphatic carbocycles. The van der Waals surface area contributed by atoms with Crippen molar-refractivity contribution in [3.8, 4) is 11.8 Å². The Morgan fingerprint density at radius 3 is 2.71 bits per heavy atom. The molecular formula is C11H15ClN2. The van der Waals surface area contributed by atoms with Crippen molar-refractivity contribution in [1.29, 1.82) is 0 Å². The van der Waals surface area contributed by atoms with Crippen LogP contribution in [0.15, 0.2) is 12.4 Å². The molecule has 0 amide bonds. The zero-order valence-corrected chi connectivity index (χ0v) is 9.60. The molecule has 0 radical (unpaired) electrons. The second-order valence-corrected chi connectivity index (χ2v) is 4.46. The van der Waals surface area contributed by atoms with Crippen LogP contribution in [0.4, 0.5) is 0 Å². The van der Waals surface area contributed by atoms with Gasteiger partial charge in [-0.05, 0) is 20.8 Å². The second kappa shape index (κ2) is 4.52. The first-order chi connectivity index (χ1) is 6.54. The summed E-state index contributed by atoms with van der Waals surface area (Å²) in [5, 5.41) is 4.25. The van der Waals surface area contributed by atoms with Crippen molar-refractivity contribution in [3.05, 3.63) is 18.0 Å². The maximum absolute atomic E-state index is 5.52. The van der Waals surface area contributed by atoms with E-state index in [2.05, 4.69) is 37.7 Å². The number of aromatic nitrogens is 2. The molecule has 1 aromatic heterocycles. The lowest BCUT2D eigenvalue weighted by Gasteiger charge is -2.18. The van der Waals surface area contributed by atoms with Gasteiger partial charge in [0.15, 0.2) is 0 Å². The van der Waals surface area contributed by atoms with Crippen molar-refractivity contribution in [2.24, 2.45) is 0 Å². The SMILES string of the molecule is CC(C)(C)n1cc(C#CCCCl)cn1. The van der Waals surface area contributed by atoms with Crippen LogP contribution in [0.25, 0.3) is 0 Å². The molecule has 1 aromatic rings. The van der Waals surface area contributed by atoms with Crippen molar-refractivity contribution >= 4 is 11.6 Å². The van der Waals surface area contributed by atoms with Crippen LogP contribution in [0, 0.1) is 11.8 Å². The normalized spacial score (nSPS) is 10.9. The van der Waals surface area contributed by atoms with Gasteiger partial charge >= 0.3 is 0 Å². The number of halogens is 1. The minimum atomic E-state index is 0.0203. The summed E-state index contributed by atoms with van der Waals surface area (Å²) in [6.07, 6.45) is 4.47. The largest absolute Gasteiger partial charge is 0.266 e. The maximum Gasteiger partial charge on any atom is 0.0646 e. The van der Waals surface area contributed by atoms with Crippen LogP contribution in [0.3, 0.4) is 0 Å². The number of hydrogen-bond donors (Lipinski definition) is 0. The van der Waals surface area contributed by atoms with Crippen molar-refractivity contribution < 1.29 is 0 Å². The third-order valence-electron chi connectivity index (χ3n) is 1.72. The van der Waals surface area contributed by atoms with Gasteiger partial charge in [0, 0.05) is 18.5 Å². The molecule has 0 atom stereocenters. The molecule has 0 saturated heterocycles. The van der Waals surface area contributed by atoms with Gasteiger partial charge in [-0.2, -0.15) is 5.10 Å². The Bertz CT molecular complexity index is 349. The minimum Gasteiger partial charge on any atom is -0.266 e. The molecule has 14 heavy (non-hydrogen) atoms. The molecule has 1 heterocycles. The average Bonchev–Trinajstić information content (AvgIpc) is 2.52.